The molecule has 0 atom stereocenters. The molecule has 0 saturated carbocycles. The van der Waals surface area contributed by atoms with Gasteiger partial charge in [-0.15, -0.1) is 0 Å². The van der Waals surface area contributed by atoms with Crippen molar-refractivity contribution in [2.75, 3.05) is 11.9 Å². The molecule has 0 aliphatic carbocycles. The topological polar surface area (TPSA) is 55.4 Å². The minimum Gasteiger partial charge on any atom is -0.483 e. The van der Waals surface area contributed by atoms with E-state index in [-0.39, 0.29) is 23.6 Å². The maximum absolute atomic E-state index is 13.6. The van der Waals surface area contributed by atoms with Crippen molar-refractivity contribution in [1.29, 1.82) is 0 Å². The number of amides is 1. The molecule has 0 saturated heterocycles. The van der Waals surface area contributed by atoms with Crippen molar-refractivity contribution in [2.24, 2.45) is 0 Å². The molecule has 114 valence electrons. The van der Waals surface area contributed by atoms with Crippen molar-refractivity contribution in [1.82, 2.24) is 0 Å². The molecule has 0 bridgehead atoms. The Morgan fingerprint density at radius 2 is 2.09 bits per heavy atom. The third kappa shape index (κ3) is 4.29. The van der Waals surface area contributed by atoms with Crippen LogP contribution in [0.1, 0.15) is 10.4 Å². The molecule has 0 aliphatic rings. The molecule has 2 aromatic rings. The van der Waals surface area contributed by atoms with Crippen LogP contribution in [-0.4, -0.2) is 18.8 Å². The molecule has 1 amide bonds. The van der Waals surface area contributed by atoms with Crippen LogP contribution < -0.4 is 10.1 Å². The number of benzene rings is 2. The van der Waals surface area contributed by atoms with Gasteiger partial charge in [0, 0.05) is 9.50 Å². The van der Waals surface area contributed by atoms with E-state index in [1.54, 1.807) is 6.07 Å². The zero-order valence-corrected chi connectivity index (χ0v) is 13.4. The van der Waals surface area contributed by atoms with Gasteiger partial charge in [-0.3, -0.25) is 9.59 Å². The molecule has 0 radical (unpaired) electrons. The lowest BCUT2D eigenvalue weighted by molar-refractivity contribution is -0.118. The van der Waals surface area contributed by atoms with Crippen LogP contribution in [-0.2, 0) is 4.79 Å². The van der Waals surface area contributed by atoms with E-state index in [0.29, 0.717) is 15.8 Å². The summed E-state index contributed by atoms with van der Waals surface area (Å²) in [6.07, 6.45) is 0.577. The summed E-state index contributed by atoms with van der Waals surface area (Å²) in [6.45, 7) is -0.363. The fourth-order valence-electron chi connectivity index (χ4n) is 1.66. The molecular weight excluding hydrogens is 377 g/mol. The van der Waals surface area contributed by atoms with Crippen molar-refractivity contribution in [3.05, 3.63) is 57.3 Å². The fourth-order valence-corrected chi connectivity index (χ4v) is 2.18. The lowest BCUT2D eigenvalue weighted by Gasteiger charge is -2.10. The number of ether oxygens (including phenoxy) is 1. The monoisotopic (exact) mass is 385 g/mol. The van der Waals surface area contributed by atoms with Crippen LogP contribution >= 0.6 is 27.5 Å². The van der Waals surface area contributed by atoms with Crippen molar-refractivity contribution < 1.29 is 18.7 Å². The van der Waals surface area contributed by atoms with Crippen LogP contribution in [0.15, 0.2) is 40.9 Å². The molecule has 0 fully saturated rings. The zero-order chi connectivity index (χ0) is 16.1. The van der Waals surface area contributed by atoms with E-state index < -0.39 is 11.7 Å². The van der Waals surface area contributed by atoms with Crippen LogP contribution in [0.4, 0.5) is 10.1 Å². The quantitative estimate of drug-likeness (QED) is 0.788. The Morgan fingerprint density at radius 3 is 2.77 bits per heavy atom. The van der Waals surface area contributed by atoms with Crippen molar-refractivity contribution in [3.63, 3.8) is 0 Å². The summed E-state index contributed by atoms with van der Waals surface area (Å²) in [5.41, 5.74) is 0.277. The molecule has 22 heavy (non-hydrogen) atoms. The van der Waals surface area contributed by atoms with E-state index in [9.17, 15) is 14.0 Å². The number of anilines is 1. The van der Waals surface area contributed by atoms with E-state index in [2.05, 4.69) is 21.2 Å². The van der Waals surface area contributed by atoms with E-state index in [4.69, 9.17) is 16.3 Å². The lowest BCUT2D eigenvalue weighted by atomic mass is 10.2. The Bertz CT molecular complexity index is 724. The van der Waals surface area contributed by atoms with Gasteiger partial charge < -0.3 is 10.1 Å². The molecule has 2 aromatic carbocycles. The van der Waals surface area contributed by atoms with Gasteiger partial charge in [-0.1, -0.05) is 27.5 Å². The first-order chi connectivity index (χ1) is 10.5. The average molecular weight is 387 g/mol. The van der Waals surface area contributed by atoms with Crippen LogP contribution in [0, 0.1) is 5.82 Å². The molecule has 0 unspecified atom stereocenters. The SMILES string of the molecule is O=Cc1cc(Cl)ccc1OCC(=O)Nc1ccc(Br)cc1F. The van der Waals surface area contributed by atoms with Gasteiger partial charge in [0.25, 0.3) is 5.91 Å². The Balaban J connectivity index is 2.00. The van der Waals surface area contributed by atoms with Gasteiger partial charge >= 0.3 is 0 Å². The summed E-state index contributed by atoms with van der Waals surface area (Å²) in [4.78, 5) is 22.7. The predicted octanol–water partition coefficient (Wildman–Crippen LogP) is 4.07. The average Bonchev–Trinajstić information content (AvgIpc) is 2.48. The number of nitrogens with one attached hydrogen (secondary N) is 1. The predicted molar refractivity (Wildman–Crippen MR) is 85.1 cm³/mol. The van der Waals surface area contributed by atoms with E-state index in [0.717, 1.165) is 0 Å². The highest BCUT2D eigenvalue weighted by atomic mass is 79.9. The second-order valence-corrected chi connectivity index (χ2v) is 5.61. The van der Waals surface area contributed by atoms with Gasteiger partial charge in [0.15, 0.2) is 12.9 Å². The Morgan fingerprint density at radius 1 is 1.32 bits per heavy atom. The number of rotatable bonds is 5. The second-order valence-electron chi connectivity index (χ2n) is 4.26. The molecule has 0 spiro atoms. The van der Waals surface area contributed by atoms with Gasteiger partial charge in [0.2, 0.25) is 0 Å². The van der Waals surface area contributed by atoms with Gasteiger partial charge in [-0.05, 0) is 36.4 Å². The highest BCUT2D eigenvalue weighted by molar-refractivity contribution is 9.10. The van der Waals surface area contributed by atoms with Gasteiger partial charge in [-0.2, -0.15) is 0 Å². The molecular formula is C15H10BrClFNO3. The molecule has 2 rings (SSSR count). The zero-order valence-electron chi connectivity index (χ0n) is 11.1. The van der Waals surface area contributed by atoms with Crippen LogP contribution in [0.3, 0.4) is 0 Å². The van der Waals surface area contributed by atoms with Crippen LogP contribution in [0.25, 0.3) is 0 Å². The smallest absolute Gasteiger partial charge is 0.262 e. The minimum absolute atomic E-state index is 0.0449. The number of halogens is 3. The van der Waals surface area contributed by atoms with E-state index in [1.807, 2.05) is 0 Å². The maximum atomic E-state index is 13.6. The third-order valence-corrected chi connectivity index (χ3v) is 3.39. The molecule has 0 aromatic heterocycles. The maximum Gasteiger partial charge on any atom is 0.262 e. The first kappa shape index (κ1) is 16.5. The summed E-state index contributed by atoms with van der Waals surface area (Å²) in [5, 5.41) is 2.77. The van der Waals surface area contributed by atoms with Crippen molar-refractivity contribution >= 4 is 45.4 Å². The van der Waals surface area contributed by atoms with Gasteiger partial charge in [0.05, 0.1) is 11.3 Å². The number of hydrogen-bond donors (Lipinski definition) is 1. The molecule has 0 heterocycles. The first-order valence-electron chi connectivity index (χ1n) is 6.12. The Labute approximate surface area is 139 Å². The van der Waals surface area contributed by atoms with E-state index in [1.165, 1.54) is 30.3 Å². The number of aldehydes is 1. The van der Waals surface area contributed by atoms with Gasteiger partial charge in [-0.25, -0.2) is 4.39 Å². The Hall–Kier alpha value is -1.92. The number of carbonyl (C=O) groups excluding carboxylic acids is 2. The third-order valence-electron chi connectivity index (χ3n) is 2.66. The number of carbonyl (C=O) groups is 2. The largest absolute Gasteiger partial charge is 0.483 e. The van der Waals surface area contributed by atoms with Crippen molar-refractivity contribution in [3.8, 4) is 5.75 Å². The summed E-state index contributed by atoms with van der Waals surface area (Å²) < 4.78 is 19.4. The number of hydrogen-bond acceptors (Lipinski definition) is 3. The summed E-state index contributed by atoms with van der Waals surface area (Å²) in [5.74, 6) is -0.887. The van der Waals surface area contributed by atoms with Crippen molar-refractivity contribution in [2.45, 2.75) is 0 Å². The minimum atomic E-state index is -0.567. The first-order valence-corrected chi connectivity index (χ1v) is 7.29. The summed E-state index contributed by atoms with van der Waals surface area (Å²) >= 11 is 8.88. The molecule has 0 aliphatic heterocycles. The normalized spacial score (nSPS) is 10.1. The Kier molecular flexibility index (Phi) is 5.51. The standard InChI is InChI=1S/C15H10BrClFNO3/c16-10-1-3-13(12(18)6-10)19-15(21)8-22-14-4-2-11(17)5-9(14)7-20/h1-7H,8H2,(H,19,21). The van der Waals surface area contributed by atoms with Crippen LogP contribution in [0.5, 0.6) is 5.75 Å². The van der Waals surface area contributed by atoms with Gasteiger partial charge in [0.1, 0.15) is 11.6 Å². The highest BCUT2D eigenvalue weighted by Crippen LogP contribution is 2.22. The molecule has 7 heteroatoms. The fraction of sp³-hybridized carbons (Fsp3) is 0.0667. The van der Waals surface area contributed by atoms with E-state index >= 15 is 0 Å². The second kappa shape index (κ2) is 7.38. The summed E-state index contributed by atoms with van der Waals surface area (Å²) in [7, 11) is 0. The molecule has 4 nitrogen and oxygen atoms in total. The summed E-state index contributed by atoms with van der Waals surface area (Å²) in [6, 6.07) is 8.71. The molecule has 1 N–H and O–H groups in total. The highest BCUT2D eigenvalue weighted by Gasteiger charge is 2.10. The van der Waals surface area contributed by atoms with Crippen LogP contribution in [0.2, 0.25) is 5.02 Å². The lowest BCUT2D eigenvalue weighted by Crippen LogP contribution is -2.21.